The number of nitrogens with zero attached hydrogens (tertiary/aromatic N) is 1. The van der Waals surface area contributed by atoms with E-state index in [0.717, 1.165) is 51.6 Å². The van der Waals surface area contributed by atoms with Gasteiger partial charge in [-0.1, -0.05) is 6.42 Å². The van der Waals surface area contributed by atoms with Gasteiger partial charge in [0.25, 0.3) is 0 Å². The molecular formula is C19H33N3O5. The number of rotatable bonds is 8. The predicted octanol–water partition coefficient (Wildman–Crippen LogP) is -0.350. The summed E-state index contributed by atoms with van der Waals surface area (Å²) in [5, 5.41) is 15.7. The molecule has 2 aliphatic heterocycles. The van der Waals surface area contributed by atoms with Crippen molar-refractivity contribution in [3.8, 4) is 0 Å². The summed E-state index contributed by atoms with van der Waals surface area (Å²) < 4.78 is 11.3. The summed E-state index contributed by atoms with van der Waals surface area (Å²) in [5.41, 5.74) is 0. The molecule has 2 saturated heterocycles. The van der Waals surface area contributed by atoms with Crippen LogP contribution in [0.4, 0.5) is 0 Å². The summed E-state index contributed by atoms with van der Waals surface area (Å²) >= 11 is 0. The van der Waals surface area contributed by atoms with E-state index in [2.05, 4.69) is 15.5 Å². The second-order valence-corrected chi connectivity index (χ2v) is 7.83. The summed E-state index contributed by atoms with van der Waals surface area (Å²) in [6.07, 6.45) is 5.12. The van der Waals surface area contributed by atoms with Gasteiger partial charge in [-0.3, -0.25) is 14.5 Å². The van der Waals surface area contributed by atoms with Crippen LogP contribution in [0, 0.1) is 5.92 Å². The van der Waals surface area contributed by atoms with E-state index < -0.39 is 0 Å². The highest BCUT2D eigenvalue weighted by Crippen LogP contribution is 2.26. The van der Waals surface area contributed by atoms with Gasteiger partial charge in [0.15, 0.2) is 0 Å². The Morgan fingerprint density at radius 2 is 1.89 bits per heavy atom. The molecule has 3 rings (SSSR count). The van der Waals surface area contributed by atoms with E-state index in [1.54, 1.807) is 0 Å². The third-order valence-electron chi connectivity index (χ3n) is 5.85. The molecule has 0 unspecified atom stereocenters. The summed E-state index contributed by atoms with van der Waals surface area (Å²) in [4.78, 5) is 26.2. The van der Waals surface area contributed by atoms with E-state index >= 15 is 0 Å². The molecular weight excluding hydrogens is 350 g/mol. The lowest BCUT2D eigenvalue weighted by atomic mass is 9.85. The summed E-state index contributed by atoms with van der Waals surface area (Å²) in [6, 6.07) is -0.163. The Hall–Kier alpha value is -1.22. The minimum Gasteiger partial charge on any atom is -0.394 e. The number of aliphatic hydroxyl groups excluding tert-OH is 1. The lowest BCUT2D eigenvalue weighted by Gasteiger charge is -2.37. The molecule has 0 aromatic rings. The van der Waals surface area contributed by atoms with Crippen molar-refractivity contribution in [3.05, 3.63) is 0 Å². The molecule has 0 radical (unpaired) electrons. The fourth-order valence-electron chi connectivity index (χ4n) is 3.90. The molecule has 8 heteroatoms. The highest BCUT2D eigenvalue weighted by Gasteiger charge is 2.32. The van der Waals surface area contributed by atoms with Gasteiger partial charge in [0.2, 0.25) is 11.8 Å². The normalized spacial score (nSPS) is 29.7. The second-order valence-electron chi connectivity index (χ2n) is 7.83. The van der Waals surface area contributed by atoms with Crippen LogP contribution in [0.5, 0.6) is 0 Å². The molecule has 3 fully saturated rings. The van der Waals surface area contributed by atoms with Gasteiger partial charge in [0, 0.05) is 25.6 Å². The zero-order chi connectivity index (χ0) is 19.1. The molecule has 3 N–H and O–H groups in total. The van der Waals surface area contributed by atoms with Crippen molar-refractivity contribution in [1.29, 1.82) is 0 Å². The minimum absolute atomic E-state index is 0.0104. The number of hydrogen-bond acceptors (Lipinski definition) is 6. The quantitative estimate of drug-likeness (QED) is 0.530. The third kappa shape index (κ3) is 6.14. The predicted molar refractivity (Wildman–Crippen MR) is 99.1 cm³/mol. The number of morpholine rings is 1. The highest BCUT2D eigenvalue weighted by atomic mass is 16.5. The number of hydrogen-bond donors (Lipinski definition) is 3. The average Bonchev–Trinajstić information content (AvgIpc) is 2.62. The van der Waals surface area contributed by atoms with Gasteiger partial charge in [-0.25, -0.2) is 0 Å². The topological polar surface area (TPSA) is 100 Å². The Kier molecular flexibility index (Phi) is 7.87. The Morgan fingerprint density at radius 3 is 2.56 bits per heavy atom. The lowest BCUT2D eigenvalue weighted by Crippen LogP contribution is -2.53. The number of aliphatic hydroxyl groups is 1. The zero-order valence-corrected chi connectivity index (χ0v) is 16.0. The van der Waals surface area contributed by atoms with Crippen LogP contribution in [0.25, 0.3) is 0 Å². The monoisotopic (exact) mass is 383 g/mol. The molecule has 0 spiro atoms. The van der Waals surface area contributed by atoms with Crippen molar-refractivity contribution in [2.24, 2.45) is 5.92 Å². The van der Waals surface area contributed by atoms with Crippen molar-refractivity contribution in [2.75, 3.05) is 46.0 Å². The largest absolute Gasteiger partial charge is 0.394 e. The number of ether oxygens (including phenoxy) is 2. The van der Waals surface area contributed by atoms with Crippen molar-refractivity contribution < 1.29 is 24.2 Å². The SMILES string of the molecule is O=C(CN1CCOCC1)N[C@H]1CC[C@@H](CCNC(=O)C2CCC2)O[C@@H]1CO. The Morgan fingerprint density at radius 1 is 1.11 bits per heavy atom. The van der Waals surface area contributed by atoms with Crippen molar-refractivity contribution in [3.63, 3.8) is 0 Å². The van der Waals surface area contributed by atoms with Crippen LogP contribution < -0.4 is 10.6 Å². The number of carbonyl (C=O) groups excluding carboxylic acids is 2. The average molecular weight is 383 g/mol. The van der Waals surface area contributed by atoms with Crippen LogP contribution in [0.15, 0.2) is 0 Å². The van der Waals surface area contributed by atoms with E-state index in [1.165, 1.54) is 0 Å². The van der Waals surface area contributed by atoms with Crippen molar-refractivity contribution in [1.82, 2.24) is 15.5 Å². The summed E-state index contributed by atoms with van der Waals surface area (Å²) in [6.45, 7) is 3.71. The zero-order valence-electron chi connectivity index (χ0n) is 16.0. The number of nitrogens with one attached hydrogen (secondary N) is 2. The minimum atomic E-state index is -0.389. The molecule has 8 nitrogen and oxygen atoms in total. The van der Waals surface area contributed by atoms with Crippen LogP contribution >= 0.6 is 0 Å². The second kappa shape index (κ2) is 10.4. The molecule has 3 atom stereocenters. The maximum atomic E-state index is 12.3. The molecule has 1 saturated carbocycles. The van der Waals surface area contributed by atoms with Gasteiger partial charge in [-0.05, 0) is 32.1 Å². The smallest absolute Gasteiger partial charge is 0.234 e. The van der Waals surface area contributed by atoms with Crippen LogP contribution in [0.2, 0.25) is 0 Å². The molecule has 0 aromatic heterocycles. The van der Waals surface area contributed by atoms with E-state index in [4.69, 9.17) is 9.47 Å². The highest BCUT2D eigenvalue weighted by molar-refractivity contribution is 5.79. The first kappa shape index (κ1) is 20.5. The Balaban J connectivity index is 1.35. The van der Waals surface area contributed by atoms with Gasteiger partial charge < -0.3 is 25.2 Å². The first-order chi connectivity index (χ1) is 13.2. The first-order valence-corrected chi connectivity index (χ1v) is 10.3. The third-order valence-corrected chi connectivity index (χ3v) is 5.85. The van der Waals surface area contributed by atoms with E-state index in [9.17, 15) is 14.7 Å². The first-order valence-electron chi connectivity index (χ1n) is 10.3. The molecule has 3 aliphatic rings. The Labute approximate surface area is 160 Å². The fraction of sp³-hybridized carbons (Fsp3) is 0.895. The van der Waals surface area contributed by atoms with Gasteiger partial charge >= 0.3 is 0 Å². The fourth-order valence-corrected chi connectivity index (χ4v) is 3.90. The van der Waals surface area contributed by atoms with Gasteiger partial charge in [0.05, 0.1) is 38.5 Å². The molecule has 1 aliphatic carbocycles. The summed E-state index contributed by atoms with van der Waals surface area (Å²) in [7, 11) is 0. The molecule has 154 valence electrons. The van der Waals surface area contributed by atoms with Crippen LogP contribution in [-0.4, -0.2) is 86.1 Å². The number of carbonyl (C=O) groups is 2. The van der Waals surface area contributed by atoms with Gasteiger partial charge in [-0.15, -0.1) is 0 Å². The van der Waals surface area contributed by atoms with Crippen molar-refractivity contribution in [2.45, 2.75) is 56.8 Å². The maximum absolute atomic E-state index is 12.3. The Bertz CT molecular complexity index is 494. The molecule has 2 amide bonds. The van der Waals surface area contributed by atoms with Gasteiger partial charge in [-0.2, -0.15) is 0 Å². The molecule has 27 heavy (non-hydrogen) atoms. The summed E-state index contributed by atoms with van der Waals surface area (Å²) in [5.74, 6) is 0.327. The van der Waals surface area contributed by atoms with Crippen molar-refractivity contribution >= 4 is 11.8 Å². The van der Waals surface area contributed by atoms with Crippen LogP contribution in [0.1, 0.15) is 38.5 Å². The van der Waals surface area contributed by atoms with E-state index in [-0.39, 0.29) is 42.6 Å². The maximum Gasteiger partial charge on any atom is 0.234 e. The van der Waals surface area contributed by atoms with E-state index in [1.807, 2.05) is 0 Å². The molecule has 0 bridgehead atoms. The van der Waals surface area contributed by atoms with Crippen LogP contribution in [0.3, 0.4) is 0 Å². The van der Waals surface area contributed by atoms with Gasteiger partial charge in [0.1, 0.15) is 6.10 Å². The number of amides is 2. The lowest BCUT2D eigenvalue weighted by molar-refractivity contribution is -0.131. The van der Waals surface area contributed by atoms with E-state index in [0.29, 0.717) is 26.3 Å². The molecule has 2 heterocycles. The standard InChI is InChI=1S/C19H33N3O5/c23-13-17-16(21-18(24)12-22-8-10-26-11-9-22)5-4-15(27-17)6-7-20-19(25)14-2-1-3-14/h14-17,23H,1-13H2,(H,20,25)(H,21,24)/t15-,16-,17+/m0/s1. The van der Waals surface area contributed by atoms with Crippen LogP contribution in [-0.2, 0) is 19.1 Å². The molecule has 0 aromatic carbocycles.